The summed E-state index contributed by atoms with van der Waals surface area (Å²) in [6.07, 6.45) is 1.79. The number of ether oxygens (including phenoxy) is 1. The van der Waals surface area contributed by atoms with Crippen molar-refractivity contribution in [2.75, 3.05) is 7.11 Å². The number of hydrogen-bond donors (Lipinski definition) is 1. The molecule has 5 heteroatoms. The molecule has 0 aliphatic carbocycles. The topological polar surface area (TPSA) is 46.8 Å². The van der Waals surface area contributed by atoms with Gasteiger partial charge in [-0.05, 0) is 46.3 Å². The molecule has 1 N–H and O–H groups in total. The highest BCUT2D eigenvalue weighted by molar-refractivity contribution is 9.10. The van der Waals surface area contributed by atoms with Crippen molar-refractivity contribution in [3.05, 3.63) is 47.2 Å². The minimum absolute atomic E-state index is 0.217. The number of benzene rings is 1. The van der Waals surface area contributed by atoms with Gasteiger partial charge in [-0.25, -0.2) is 4.98 Å². The van der Waals surface area contributed by atoms with Gasteiger partial charge in [-0.2, -0.15) is 0 Å². The minimum atomic E-state index is 0.217. The highest BCUT2D eigenvalue weighted by Crippen LogP contribution is 2.28. The van der Waals surface area contributed by atoms with E-state index in [1.807, 2.05) is 28.7 Å². The van der Waals surface area contributed by atoms with E-state index in [2.05, 4.69) is 20.9 Å². The summed E-state index contributed by atoms with van der Waals surface area (Å²) in [5, 5.41) is 9.52. The maximum Gasteiger partial charge on any atom is 0.145 e. The molecule has 0 fully saturated rings. The Labute approximate surface area is 118 Å². The highest BCUT2D eigenvalue weighted by Gasteiger charge is 2.11. The molecule has 4 nitrogen and oxygen atoms in total. The molecule has 0 radical (unpaired) electrons. The summed E-state index contributed by atoms with van der Waals surface area (Å²) >= 11 is 3.41. The molecule has 2 aromatic heterocycles. The lowest BCUT2D eigenvalue weighted by Crippen LogP contribution is -1.89. The number of fused-ring (bicyclic) bond motifs is 1. The summed E-state index contributed by atoms with van der Waals surface area (Å²) < 4.78 is 7.77. The average molecular weight is 319 g/mol. The molecule has 0 aliphatic rings. The van der Waals surface area contributed by atoms with Crippen LogP contribution in [0.2, 0.25) is 0 Å². The zero-order chi connectivity index (χ0) is 13.4. The van der Waals surface area contributed by atoms with E-state index in [-0.39, 0.29) is 5.75 Å². The number of pyridine rings is 1. The fraction of sp³-hybridized carbons (Fsp3) is 0.0714. The number of halogens is 1. The van der Waals surface area contributed by atoms with Gasteiger partial charge in [0.15, 0.2) is 0 Å². The number of methoxy groups -OCH3 is 1. The van der Waals surface area contributed by atoms with E-state index in [9.17, 15) is 5.11 Å². The molecule has 0 atom stereocenters. The van der Waals surface area contributed by atoms with Gasteiger partial charge >= 0.3 is 0 Å². The van der Waals surface area contributed by atoms with Crippen molar-refractivity contribution in [2.45, 2.75) is 0 Å². The van der Waals surface area contributed by atoms with Crippen LogP contribution < -0.4 is 4.74 Å². The van der Waals surface area contributed by atoms with Crippen LogP contribution in [-0.4, -0.2) is 21.6 Å². The van der Waals surface area contributed by atoms with Crippen molar-refractivity contribution in [3.63, 3.8) is 0 Å². The SMILES string of the molecule is COc1ccc(-c2nc(Br)c3cc(O)ccn23)cc1. The largest absolute Gasteiger partial charge is 0.508 e. The monoisotopic (exact) mass is 318 g/mol. The lowest BCUT2D eigenvalue weighted by Gasteiger charge is -2.03. The van der Waals surface area contributed by atoms with Crippen molar-refractivity contribution >= 4 is 21.4 Å². The van der Waals surface area contributed by atoms with Crippen LogP contribution in [0.4, 0.5) is 0 Å². The average Bonchev–Trinajstić information content (AvgIpc) is 2.76. The van der Waals surface area contributed by atoms with Gasteiger partial charge in [-0.15, -0.1) is 0 Å². The van der Waals surface area contributed by atoms with Gasteiger partial charge in [-0.1, -0.05) is 0 Å². The molecule has 0 unspecified atom stereocenters. The Bertz CT molecular complexity index is 735. The van der Waals surface area contributed by atoms with Crippen molar-refractivity contribution < 1.29 is 9.84 Å². The molecule has 2 heterocycles. The van der Waals surface area contributed by atoms with E-state index in [1.165, 1.54) is 0 Å². The third-order valence-corrected chi connectivity index (χ3v) is 3.51. The molecule has 0 amide bonds. The number of nitrogens with zero attached hydrogens (tertiary/aromatic N) is 2. The third kappa shape index (κ3) is 2.06. The molecule has 0 aliphatic heterocycles. The first-order valence-corrected chi connectivity index (χ1v) is 6.49. The van der Waals surface area contributed by atoms with Gasteiger partial charge in [0.2, 0.25) is 0 Å². The maximum atomic E-state index is 9.52. The van der Waals surface area contributed by atoms with Crippen molar-refractivity contribution in [1.29, 1.82) is 0 Å². The van der Waals surface area contributed by atoms with E-state index in [0.29, 0.717) is 4.60 Å². The normalized spacial score (nSPS) is 10.8. The van der Waals surface area contributed by atoms with Crippen LogP contribution in [0.5, 0.6) is 11.5 Å². The first-order chi connectivity index (χ1) is 9.19. The fourth-order valence-corrected chi connectivity index (χ4v) is 2.45. The molecule has 96 valence electrons. The predicted octanol–water partition coefficient (Wildman–Crippen LogP) is 3.48. The summed E-state index contributed by atoms with van der Waals surface area (Å²) in [6, 6.07) is 11.0. The van der Waals surface area contributed by atoms with E-state index in [0.717, 1.165) is 22.7 Å². The van der Waals surface area contributed by atoms with Crippen molar-refractivity contribution in [1.82, 2.24) is 9.38 Å². The van der Waals surface area contributed by atoms with Gasteiger partial charge in [0.1, 0.15) is 21.9 Å². The molecule has 0 spiro atoms. The molecule has 3 aromatic rings. The van der Waals surface area contributed by atoms with Crippen LogP contribution >= 0.6 is 15.9 Å². The Kier molecular flexibility index (Phi) is 2.91. The molecular weight excluding hydrogens is 308 g/mol. The van der Waals surface area contributed by atoms with Gasteiger partial charge in [0.25, 0.3) is 0 Å². The van der Waals surface area contributed by atoms with E-state index in [4.69, 9.17) is 4.74 Å². The van der Waals surface area contributed by atoms with Crippen molar-refractivity contribution in [2.24, 2.45) is 0 Å². The Balaban J connectivity index is 2.19. The lowest BCUT2D eigenvalue weighted by molar-refractivity contribution is 0.415. The van der Waals surface area contributed by atoms with E-state index in [1.54, 1.807) is 25.4 Å². The van der Waals surface area contributed by atoms with Crippen LogP contribution in [0, 0.1) is 0 Å². The number of imidazole rings is 1. The number of rotatable bonds is 2. The molecule has 0 saturated carbocycles. The molecule has 19 heavy (non-hydrogen) atoms. The Morgan fingerprint density at radius 2 is 1.95 bits per heavy atom. The van der Waals surface area contributed by atoms with Gasteiger partial charge in [0, 0.05) is 17.8 Å². The Morgan fingerprint density at radius 1 is 1.21 bits per heavy atom. The lowest BCUT2D eigenvalue weighted by atomic mass is 10.2. The quantitative estimate of drug-likeness (QED) is 0.787. The number of aromatic nitrogens is 2. The van der Waals surface area contributed by atoms with Crippen LogP contribution in [0.25, 0.3) is 16.9 Å². The molecular formula is C14H11BrN2O2. The zero-order valence-electron chi connectivity index (χ0n) is 10.2. The molecule has 3 rings (SSSR count). The van der Waals surface area contributed by atoms with Gasteiger partial charge < -0.3 is 9.84 Å². The molecule has 0 saturated heterocycles. The predicted molar refractivity (Wildman–Crippen MR) is 76.5 cm³/mol. The summed E-state index contributed by atoms with van der Waals surface area (Å²) in [7, 11) is 1.64. The van der Waals surface area contributed by atoms with Gasteiger partial charge in [0.05, 0.1) is 12.6 Å². The third-order valence-electron chi connectivity index (χ3n) is 2.93. The zero-order valence-corrected chi connectivity index (χ0v) is 11.8. The van der Waals surface area contributed by atoms with Crippen LogP contribution in [0.15, 0.2) is 47.2 Å². The Morgan fingerprint density at radius 3 is 2.63 bits per heavy atom. The fourth-order valence-electron chi connectivity index (χ4n) is 1.98. The second-order valence-corrected chi connectivity index (χ2v) is 4.85. The first-order valence-electron chi connectivity index (χ1n) is 5.70. The summed E-state index contributed by atoms with van der Waals surface area (Å²) in [5.74, 6) is 1.83. The molecule has 0 bridgehead atoms. The second kappa shape index (κ2) is 4.59. The van der Waals surface area contributed by atoms with Crippen molar-refractivity contribution in [3.8, 4) is 22.9 Å². The summed E-state index contributed by atoms with van der Waals surface area (Å²) in [4.78, 5) is 4.48. The highest BCUT2D eigenvalue weighted by atomic mass is 79.9. The summed E-state index contributed by atoms with van der Waals surface area (Å²) in [6.45, 7) is 0. The molecule has 1 aromatic carbocycles. The van der Waals surface area contributed by atoms with Crippen LogP contribution in [0.1, 0.15) is 0 Å². The summed E-state index contributed by atoms with van der Waals surface area (Å²) in [5.41, 5.74) is 1.80. The van der Waals surface area contributed by atoms with Crippen LogP contribution in [0.3, 0.4) is 0 Å². The minimum Gasteiger partial charge on any atom is -0.508 e. The maximum absolute atomic E-state index is 9.52. The van der Waals surface area contributed by atoms with E-state index < -0.39 is 0 Å². The van der Waals surface area contributed by atoms with Gasteiger partial charge in [-0.3, -0.25) is 4.40 Å². The van der Waals surface area contributed by atoms with Crippen LogP contribution in [-0.2, 0) is 0 Å². The second-order valence-electron chi connectivity index (χ2n) is 4.09. The standard InChI is InChI=1S/C14H11BrN2O2/c1-19-11-4-2-9(3-5-11)14-16-13(15)12-8-10(18)6-7-17(12)14/h2-8,18H,1H3. The van der Waals surface area contributed by atoms with E-state index >= 15 is 0 Å². The first kappa shape index (κ1) is 12.0. The Hall–Kier alpha value is -2.01. The number of aromatic hydroxyl groups is 1. The smallest absolute Gasteiger partial charge is 0.145 e. The number of hydrogen-bond acceptors (Lipinski definition) is 3.